The van der Waals surface area contributed by atoms with E-state index in [1.165, 1.54) is 16.9 Å². The molecular weight excluding hydrogens is 438 g/mol. The number of anilines is 1. The molecule has 0 aliphatic carbocycles. The minimum Gasteiger partial charge on any atom is -0.300 e. The van der Waals surface area contributed by atoms with E-state index in [-0.39, 0.29) is 23.8 Å². The quantitative estimate of drug-likeness (QED) is 0.261. The van der Waals surface area contributed by atoms with Gasteiger partial charge in [-0.15, -0.1) is 10.2 Å². The third kappa shape index (κ3) is 7.89. The Kier molecular flexibility index (Phi) is 8.41. The van der Waals surface area contributed by atoms with Crippen molar-refractivity contribution in [2.24, 2.45) is 0 Å². The normalized spacial score (nSPS) is 11.3. The van der Waals surface area contributed by atoms with Crippen LogP contribution in [-0.2, 0) is 26.8 Å². The number of aromatic nitrogens is 2. The summed E-state index contributed by atoms with van der Waals surface area (Å²) >= 11 is 2.91. The maximum absolute atomic E-state index is 12.2. The number of aryl methyl sites for hydroxylation is 1. The number of carbonyl (C=O) groups excluding carboxylic acids is 1. The molecule has 2 aromatic carbocycles. The van der Waals surface area contributed by atoms with Crippen LogP contribution in [0.1, 0.15) is 24.0 Å². The van der Waals surface area contributed by atoms with Crippen molar-refractivity contribution in [2.45, 2.75) is 29.4 Å². The van der Waals surface area contributed by atoms with Crippen LogP contribution in [0.5, 0.6) is 0 Å². The molecule has 0 saturated heterocycles. The predicted molar refractivity (Wildman–Crippen MR) is 123 cm³/mol. The molecule has 0 unspecified atom stereocenters. The number of amides is 1. The summed E-state index contributed by atoms with van der Waals surface area (Å²) in [4.78, 5) is 12.1. The van der Waals surface area contributed by atoms with E-state index in [0.717, 1.165) is 28.5 Å². The fraction of sp³-hybridized carbons (Fsp3) is 0.286. The van der Waals surface area contributed by atoms with Gasteiger partial charge in [-0.05, 0) is 24.0 Å². The van der Waals surface area contributed by atoms with E-state index in [1.807, 2.05) is 24.3 Å². The number of nitrogens with zero attached hydrogens (tertiary/aromatic N) is 2. The molecule has 3 rings (SSSR count). The fourth-order valence-electron chi connectivity index (χ4n) is 2.73. The van der Waals surface area contributed by atoms with Gasteiger partial charge in [0.25, 0.3) is 0 Å². The summed E-state index contributed by atoms with van der Waals surface area (Å²) in [7, 11) is -3.35. The Bertz CT molecular complexity index is 1040. The average molecular weight is 462 g/mol. The number of sulfone groups is 1. The Morgan fingerprint density at radius 1 is 0.967 bits per heavy atom. The van der Waals surface area contributed by atoms with Crippen LogP contribution in [0.2, 0.25) is 0 Å². The number of nitrogens with one attached hydrogen (secondary N) is 1. The van der Waals surface area contributed by atoms with Crippen molar-refractivity contribution in [3.63, 3.8) is 0 Å². The van der Waals surface area contributed by atoms with Crippen molar-refractivity contribution in [2.75, 3.05) is 16.8 Å². The second kappa shape index (κ2) is 11.2. The van der Waals surface area contributed by atoms with Crippen molar-refractivity contribution < 1.29 is 13.2 Å². The first-order valence-corrected chi connectivity index (χ1v) is 13.2. The van der Waals surface area contributed by atoms with E-state index in [1.54, 1.807) is 36.0 Å². The molecule has 0 fully saturated rings. The number of rotatable bonds is 11. The number of hydrogen-bond acceptors (Lipinski definition) is 7. The zero-order valence-corrected chi connectivity index (χ0v) is 18.8. The number of carbonyl (C=O) groups is 1. The second-order valence-corrected chi connectivity index (χ2v) is 11.2. The molecule has 0 aliphatic heterocycles. The first kappa shape index (κ1) is 22.5. The summed E-state index contributed by atoms with van der Waals surface area (Å²) in [6.07, 6.45) is 1.93. The lowest BCUT2D eigenvalue weighted by molar-refractivity contribution is -0.115. The fourth-order valence-corrected chi connectivity index (χ4v) is 5.85. The number of thioether (sulfide) groups is 1. The van der Waals surface area contributed by atoms with Crippen molar-refractivity contribution in [1.82, 2.24) is 10.2 Å². The molecule has 0 atom stereocenters. The van der Waals surface area contributed by atoms with Crippen LogP contribution in [0, 0.1) is 0 Å². The molecule has 1 heterocycles. The summed E-state index contributed by atoms with van der Waals surface area (Å²) in [6.45, 7) is 0. The first-order valence-electron chi connectivity index (χ1n) is 9.55. The highest BCUT2D eigenvalue weighted by Gasteiger charge is 2.16. The largest absolute Gasteiger partial charge is 0.300 e. The van der Waals surface area contributed by atoms with Gasteiger partial charge in [-0.3, -0.25) is 4.79 Å². The molecule has 3 aromatic rings. The summed E-state index contributed by atoms with van der Waals surface area (Å²) in [5.41, 5.74) is 2.03. The third-order valence-electron chi connectivity index (χ3n) is 4.20. The molecular formula is C21H23N3O3S3. The van der Waals surface area contributed by atoms with Gasteiger partial charge in [0.1, 0.15) is 0 Å². The zero-order valence-electron chi connectivity index (χ0n) is 16.4. The highest BCUT2D eigenvalue weighted by Crippen LogP contribution is 2.26. The van der Waals surface area contributed by atoms with Gasteiger partial charge >= 0.3 is 0 Å². The Hall–Kier alpha value is -2.23. The topological polar surface area (TPSA) is 89.0 Å². The number of benzene rings is 2. The molecule has 158 valence electrons. The molecule has 1 aromatic heterocycles. The van der Waals surface area contributed by atoms with Crippen LogP contribution in [0.25, 0.3) is 0 Å². The molecule has 0 aliphatic rings. The third-order valence-corrected chi connectivity index (χ3v) is 7.86. The Balaban J connectivity index is 1.38. The molecule has 6 nitrogen and oxygen atoms in total. The monoisotopic (exact) mass is 461 g/mol. The van der Waals surface area contributed by atoms with Crippen LogP contribution in [0.15, 0.2) is 65.0 Å². The van der Waals surface area contributed by atoms with Gasteiger partial charge in [-0.25, -0.2) is 8.42 Å². The molecule has 0 radical (unpaired) electrons. The standard InChI is InChI=1S/C21H23N3O3S3/c25-19(13-15-30(26,27)16-18-10-5-2-6-11-18)22-20-23-24-21(29-20)28-14-7-12-17-8-3-1-4-9-17/h1-6,8-11H,7,12-16H2,(H,22,23,25). The smallest absolute Gasteiger partial charge is 0.227 e. The molecule has 0 saturated carbocycles. The zero-order chi connectivity index (χ0) is 21.2. The van der Waals surface area contributed by atoms with Crippen molar-refractivity contribution >= 4 is 44.0 Å². The van der Waals surface area contributed by atoms with Crippen LogP contribution in [0.4, 0.5) is 5.13 Å². The minimum absolute atomic E-state index is 0.0658. The summed E-state index contributed by atoms with van der Waals surface area (Å²) < 4.78 is 25.2. The van der Waals surface area contributed by atoms with E-state index >= 15 is 0 Å². The number of hydrogen-bond donors (Lipinski definition) is 1. The van der Waals surface area contributed by atoms with Crippen LogP contribution < -0.4 is 5.32 Å². The summed E-state index contributed by atoms with van der Waals surface area (Å²) in [5.74, 6) is 0.274. The Morgan fingerprint density at radius 2 is 1.63 bits per heavy atom. The van der Waals surface area contributed by atoms with Crippen molar-refractivity contribution in [3.05, 3.63) is 71.8 Å². The maximum atomic E-state index is 12.2. The van der Waals surface area contributed by atoms with Crippen LogP contribution in [0.3, 0.4) is 0 Å². The molecule has 30 heavy (non-hydrogen) atoms. The SMILES string of the molecule is O=C(CCS(=O)(=O)Cc1ccccc1)Nc1nnc(SCCCc2ccccc2)s1. The summed E-state index contributed by atoms with van der Waals surface area (Å²) in [5, 5.41) is 11.1. The lowest BCUT2D eigenvalue weighted by Crippen LogP contribution is -2.18. The molecule has 9 heteroatoms. The first-order chi connectivity index (χ1) is 14.5. The van der Waals surface area contributed by atoms with Gasteiger partial charge < -0.3 is 5.32 Å². The van der Waals surface area contributed by atoms with E-state index in [4.69, 9.17) is 0 Å². The molecule has 0 bridgehead atoms. The van der Waals surface area contributed by atoms with Gasteiger partial charge in [0, 0.05) is 12.2 Å². The van der Waals surface area contributed by atoms with E-state index in [2.05, 4.69) is 27.6 Å². The van der Waals surface area contributed by atoms with Crippen molar-refractivity contribution in [1.29, 1.82) is 0 Å². The highest BCUT2D eigenvalue weighted by atomic mass is 32.2. The maximum Gasteiger partial charge on any atom is 0.227 e. The average Bonchev–Trinajstić information content (AvgIpc) is 3.18. The Labute approximate surface area is 185 Å². The highest BCUT2D eigenvalue weighted by molar-refractivity contribution is 8.01. The van der Waals surface area contributed by atoms with E-state index in [0.29, 0.717) is 5.13 Å². The van der Waals surface area contributed by atoms with Gasteiger partial charge in [-0.2, -0.15) is 0 Å². The Morgan fingerprint density at radius 3 is 2.33 bits per heavy atom. The minimum atomic E-state index is -3.35. The molecule has 1 amide bonds. The van der Waals surface area contributed by atoms with E-state index in [9.17, 15) is 13.2 Å². The summed E-state index contributed by atoms with van der Waals surface area (Å²) in [6, 6.07) is 19.3. The molecule has 0 spiro atoms. The lowest BCUT2D eigenvalue weighted by atomic mass is 10.1. The van der Waals surface area contributed by atoms with Crippen LogP contribution in [-0.4, -0.2) is 36.0 Å². The van der Waals surface area contributed by atoms with Gasteiger partial charge in [0.2, 0.25) is 11.0 Å². The van der Waals surface area contributed by atoms with E-state index < -0.39 is 9.84 Å². The van der Waals surface area contributed by atoms with Crippen LogP contribution >= 0.6 is 23.1 Å². The van der Waals surface area contributed by atoms with Gasteiger partial charge in [-0.1, -0.05) is 83.8 Å². The molecule has 1 N–H and O–H groups in total. The van der Waals surface area contributed by atoms with Gasteiger partial charge in [0.05, 0.1) is 11.5 Å². The van der Waals surface area contributed by atoms with Crippen molar-refractivity contribution in [3.8, 4) is 0 Å². The predicted octanol–water partition coefficient (Wildman–Crippen LogP) is 4.21. The van der Waals surface area contributed by atoms with Gasteiger partial charge in [0.15, 0.2) is 14.2 Å². The second-order valence-electron chi connectivity index (χ2n) is 6.69. The lowest BCUT2D eigenvalue weighted by Gasteiger charge is -2.04.